The number of halogens is 3. The molecule has 0 aromatic carbocycles. The molecule has 1 atom stereocenters. The molecular formula is C10H15F3N4O2. The summed E-state index contributed by atoms with van der Waals surface area (Å²) < 4.78 is 38.3. The van der Waals surface area contributed by atoms with E-state index >= 15 is 0 Å². The molecule has 0 fully saturated rings. The van der Waals surface area contributed by atoms with Gasteiger partial charge in [0.15, 0.2) is 5.60 Å². The van der Waals surface area contributed by atoms with Crippen LogP contribution >= 0.6 is 0 Å². The number of carbonyl (C=O) groups excluding carboxylic acids is 1. The molecule has 1 rings (SSSR count). The van der Waals surface area contributed by atoms with Gasteiger partial charge < -0.3 is 16.2 Å². The van der Waals surface area contributed by atoms with Crippen LogP contribution < -0.4 is 11.1 Å². The predicted octanol–water partition coefficient (Wildman–Crippen LogP) is 0.436. The van der Waals surface area contributed by atoms with E-state index in [9.17, 15) is 23.1 Å². The molecule has 9 heteroatoms. The van der Waals surface area contributed by atoms with Gasteiger partial charge in [-0.25, -0.2) is 0 Å². The number of nitrogens with two attached hydrogens (primary N) is 1. The largest absolute Gasteiger partial charge is 0.416 e. The van der Waals surface area contributed by atoms with E-state index in [1.165, 1.54) is 17.9 Å². The molecule has 1 unspecified atom stereocenters. The smallest absolute Gasteiger partial charge is 0.383 e. The van der Waals surface area contributed by atoms with Crippen LogP contribution in [-0.2, 0) is 7.05 Å². The SMILES string of the molecule is Cn1ncc(C(=O)NCCC(C)(O)C(F)(F)F)c1N. The number of aromatic nitrogens is 2. The molecular weight excluding hydrogens is 265 g/mol. The maximum absolute atomic E-state index is 12.4. The first-order valence-electron chi connectivity index (χ1n) is 5.41. The molecule has 0 radical (unpaired) electrons. The van der Waals surface area contributed by atoms with Gasteiger partial charge in [0, 0.05) is 20.0 Å². The highest BCUT2D eigenvalue weighted by Crippen LogP contribution is 2.32. The third-order valence-electron chi connectivity index (χ3n) is 2.74. The van der Waals surface area contributed by atoms with E-state index in [1.807, 2.05) is 0 Å². The zero-order valence-corrected chi connectivity index (χ0v) is 10.5. The van der Waals surface area contributed by atoms with Crippen LogP contribution in [0.3, 0.4) is 0 Å². The normalized spacial score (nSPS) is 15.1. The van der Waals surface area contributed by atoms with E-state index in [2.05, 4.69) is 10.4 Å². The fraction of sp³-hybridized carbons (Fsp3) is 0.600. The first-order chi connectivity index (χ1) is 8.56. The minimum Gasteiger partial charge on any atom is -0.383 e. The fourth-order valence-electron chi connectivity index (χ4n) is 1.28. The average Bonchev–Trinajstić information content (AvgIpc) is 2.57. The van der Waals surface area contributed by atoms with Gasteiger partial charge >= 0.3 is 6.18 Å². The summed E-state index contributed by atoms with van der Waals surface area (Å²) >= 11 is 0. The molecule has 1 heterocycles. The van der Waals surface area contributed by atoms with Gasteiger partial charge in [-0.15, -0.1) is 0 Å². The second kappa shape index (κ2) is 5.08. The van der Waals surface area contributed by atoms with Gasteiger partial charge in [-0.2, -0.15) is 18.3 Å². The molecule has 6 nitrogen and oxygen atoms in total. The van der Waals surface area contributed by atoms with Crippen LogP contribution in [0.1, 0.15) is 23.7 Å². The second-order valence-corrected chi connectivity index (χ2v) is 4.34. The van der Waals surface area contributed by atoms with Crippen LogP contribution in [0.15, 0.2) is 6.20 Å². The first kappa shape index (κ1) is 15.3. The second-order valence-electron chi connectivity index (χ2n) is 4.34. The van der Waals surface area contributed by atoms with Crippen LogP contribution in [0.25, 0.3) is 0 Å². The highest BCUT2D eigenvalue weighted by molar-refractivity contribution is 5.98. The van der Waals surface area contributed by atoms with Crippen molar-refractivity contribution in [3.63, 3.8) is 0 Å². The number of hydrogen-bond acceptors (Lipinski definition) is 4. The maximum Gasteiger partial charge on any atom is 0.416 e. The Morgan fingerprint density at radius 2 is 2.16 bits per heavy atom. The lowest BCUT2D eigenvalue weighted by Crippen LogP contribution is -2.44. The standard InChI is InChI=1S/C10H15F3N4O2/c1-9(19,10(11,12)13)3-4-15-8(18)6-5-16-17(2)7(6)14/h5,19H,3-4,14H2,1-2H3,(H,15,18). The molecule has 0 aliphatic carbocycles. The van der Waals surface area contributed by atoms with Crippen molar-refractivity contribution in [2.45, 2.75) is 25.1 Å². The molecule has 0 spiro atoms. The summed E-state index contributed by atoms with van der Waals surface area (Å²) in [5.74, 6) is -0.524. The van der Waals surface area contributed by atoms with Crippen molar-refractivity contribution < 1.29 is 23.1 Å². The van der Waals surface area contributed by atoms with E-state index < -0.39 is 24.1 Å². The molecule has 1 aromatic rings. The number of carbonyl (C=O) groups is 1. The molecule has 0 saturated carbocycles. The lowest BCUT2D eigenvalue weighted by molar-refractivity contribution is -0.254. The third-order valence-corrected chi connectivity index (χ3v) is 2.74. The summed E-state index contributed by atoms with van der Waals surface area (Å²) in [5.41, 5.74) is 2.77. The number of nitrogens with one attached hydrogen (secondary N) is 1. The summed E-state index contributed by atoms with van der Waals surface area (Å²) in [4.78, 5) is 11.6. The highest BCUT2D eigenvalue weighted by atomic mass is 19.4. The summed E-state index contributed by atoms with van der Waals surface area (Å²) in [5, 5.41) is 15.2. The monoisotopic (exact) mass is 280 g/mol. The van der Waals surface area contributed by atoms with Crippen molar-refractivity contribution >= 4 is 11.7 Å². The minimum absolute atomic E-state index is 0.0779. The topological polar surface area (TPSA) is 93.2 Å². The van der Waals surface area contributed by atoms with E-state index in [0.29, 0.717) is 6.92 Å². The Morgan fingerprint density at radius 1 is 1.58 bits per heavy atom. The Hall–Kier alpha value is -1.77. The summed E-state index contributed by atoms with van der Waals surface area (Å²) in [6, 6.07) is 0. The molecule has 0 aliphatic heterocycles. The highest BCUT2D eigenvalue weighted by Gasteiger charge is 2.49. The Kier molecular flexibility index (Phi) is 4.09. The number of nitrogens with zero attached hydrogens (tertiary/aromatic N) is 2. The van der Waals surface area contributed by atoms with E-state index in [0.717, 1.165) is 0 Å². The summed E-state index contributed by atoms with van der Waals surface area (Å²) in [6.45, 7) is 0.317. The number of alkyl halides is 3. The van der Waals surface area contributed by atoms with Gasteiger partial charge in [0.05, 0.1) is 6.20 Å². The molecule has 1 aromatic heterocycles. The zero-order chi connectivity index (χ0) is 14.8. The number of hydrogen-bond donors (Lipinski definition) is 3. The van der Waals surface area contributed by atoms with Crippen molar-refractivity contribution in [1.82, 2.24) is 15.1 Å². The van der Waals surface area contributed by atoms with Gasteiger partial charge in [-0.3, -0.25) is 9.48 Å². The Balaban J connectivity index is 2.55. The van der Waals surface area contributed by atoms with Gasteiger partial charge in [0.2, 0.25) is 0 Å². The van der Waals surface area contributed by atoms with Crippen LogP contribution in [0.4, 0.5) is 19.0 Å². The first-order valence-corrected chi connectivity index (χ1v) is 5.41. The Morgan fingerprint density at radius 3 is 2.58 bits per heavy atom. The number of anilines is 1. The molecule has 19 heavy (non-hydrogen) atoms. The maximum atomic E-state index is 12.4. The molecule has 0 aliphatic rings. The van der Waals surface area contributed by atoms with Crippen molar-refractivity contribution in [1.29, 1.82) is 0 Å². The fourth-order valence-corrected chi connectivity index (χ4v) is 1.28. The van der Waals surface area contributed by atoms with Crippen molar-refractivity contribution in [3.05, 3.63) is 11.8 Å². The number of aryl methyl sites for hydroxylation is 1. The van der Waals surface area contributed by atoms with Gasteiger partial charge in [0.25, 0.3) is 5.91 Å². The number of aliphatic hydroxyl groups is 1. The lowest BCUT2D eigenvalue weighted by atomic mass is 10.0. The zero-order valence-electron chi connectivity index (χ0n) is 10.5. The van der Waals surface area contributed by atoms with Crippen molar-refractivity contribution in [3.8, 4) is 0 Å². The molecule has 0 saturated heterocycles. The lowest BCUT2D eigenvalue weighted by Gasteiger charge is -2.26. The predicted molar refractivity (Wildman–Crippen MR) is 61.2 cm³/mol. The quantitative estimate of drug-likeness (QED) is 0.746. The van der Waals surface area contributed by atoms with Gasteiger partial charge in [-0.1, -0.05) is 0 Å². The minimum atomic E-state index is -4.74. The van der Waals surface area contributed by atoms with E-state index in [1.54, 1.807) is 0 Å². The Labute approximate surface area is 107 Å². The van der Waals surface area contributed by atoms with Crippen LogP contribution in [-0.4, -0.2) is 39.1 Å². The summed E-state index contributed by atoms with van der Waals surface area (Å²) in [6.07, 6.45) is -4.18. The van der Waals surface area contributed by atoms with Crippen LogP contribution in [0.5, 0.6) is 0 Å². The third kappa shape index (κ3) is 3.37. The Bertz CT molecular complexity index is 468. The van der Waals surface area contributed by atoms with E-state index in [-0.39, 0.29) is 17.9 Å². The van der Waals surface area contributed by atoms with Crippen molar-refractivity contribution in [2.24, 2.45) is 7.05 Å². The molecule has 108 valence electrons. The number of amides is 1. The van der Waals surface area contributed by atoms with Crippen LogP contribution in [0.2, 0.25) is 0 Å². The van der Waals surface area contributed by atoms with Gasteiger partial charge in [-0.05, 0) is 6.92 Å². The van der Waals surface area contributed by atoms with Crippen molar-refractivity contribution in [2.75, 3.05) is 12.3 Å². The number of rotatable bonds is 4. The molecule has 0 bridgehead atoms. The van der Waals surface area contributed by atoms with Gasteiger partial charge in [0.1, 0.15) is 11.4 Å². The van der Waals surface area contributed by atoms with Crippen LogP contribution in [0, 0.1) is 0 Å². The van der Waals surface area contributed by atoms with E-state index in [4.69, 9.17) is 5.73 Å². The summed E-state index contributed by atoms with van der Waals surface area (Å²) in [7, 11) is 1.53. The molecule has 4 N–H and O–H groups in total. The average molecular weight is 280 g/mol. The molecule has 1 amide bonds. The number of nitrogen functional groups attached to an aromatic ring is 1.